The zero-order valence-electron chi connectivity index (χ0n) is 10.4. The number of rotatable bonds is 3. The molecule has 0 unspecified atom stereocenters. The van der Waals surface area contributed by atoms with Gasteiger partial charge in [0, 0.05) is 11.6 Å². The van der Waals surface area contributed by atoms with Crippen LogP contribution in [0, 0.1) is 0 Å². The normalized spacial score (nSPS) is 11.3. The Morgan fingerprint density at radius 2 is 1.65 bits per heavy atom. The van der Waals surface area contributed by atoms with Crippen LogP contribution < -0.4 is 16.2 Å². The molecular formula is C14H13F3N2O. The van der Waals surface area contributed by atoms with Crippen LogP contribution in [0.3, 0.4) is 0 Å². The van der Waals surface area contributed by atoms with E-state index in [9.17, 15) is 13.2 Å². The molecule has 0 saturated carbocycles. The van der Waals surface area contributed by atoms with Crippen molar-refractivity contribution in [2.24, 2.45) is 0 Å². The van der Waals surface area contributed by atoms with Crippen molar-refractivity contribution in [3.8, 4) is 5.75 Å². The molecule has 0 saturated heterocycles. The number of hydrogen-bond acceptors (Lipinski definition) is 3. The molecule has 0 atom stereocenters. The van der Waals surface area contributed by atoms with E-state index in [4.69, 9.17) is 16.2 Å². The summed E-state index contributed by atoms with van der Waals surface area (Å²) in [4.78, 5) is 0. The molecule has 0 bridgehead atoms. The molecule has 2 aromatic rings. The summed E-state index contributed by atoms with van der Waals surface area (Å²) in [6.07, 6.45) is -4.40. The van der Waals surface area contributed by atoms with E-state index >= 15 is 0 Å². The van der Waals surface area contributed by atoms with Gasteiger partial charge in [0.1, 0.15) is 12.4 Å². The van der Waals surface area contributed by atoms with Gasteiger partial charge >= 0.3 is 6.18 Å². The van der Waals surface area contributed by atoms with Gasteiger partial charge in [-0.2, -0.15) is 13.2 Å². The van der Waals surface area contributed by atoms with Crippen molar-refractivity contribution < 1.29 is 17.9 Å². The van der Waals surface area contributed by atoms with Gasteiger partial charge in [-0.05, 0) is 18.2 Å². The van der Waals surface area contributed by atoms with E-state index in [1.165, 1.54) is 24.3 Å². The van der Waals surface area contributed by atoms with E-state index in [-0.39, 0.29) is 12.2 Å². The summed E-state index contributed by atoms with van der Waals surface area (Å²) < 4.78 is 43.7. The Morgan fingerprint density at radius 1 is 0.950 bits per heavy atom. The van der Waals surface area contributed by atoms with E-state index in [0.29, 0.717) is 17.1 Å². The molecule has 0 heterocycles. The Balaban J connectivity index is 2.17. The number of alkyl halides is 3. The first-order valence-corrected chi connectivity index (χ1v) is 5.81. The van der Waals surface area contributed by atoms with Crippen LogP contribution in [0.25, 0.3) is 0 Å². The zero-order chi connectivity index (χ0) is 14.8. The molecule has 0 radical (unpaired) electrons. The van der Waals surface area contributed by atoms with Gasteiger partial charge in [-0.3, -0.25) is 0 Å². The molecule has 0 aliphatic rings. The summed E-state index contributed by atoms with van der Waals surface area (Å²) in [6.45, 7) is -0.195. The Bertz CT molecular complexity index is 612. The summed E-state index contributed by atoms with van der Waals surface area (Å²) >= 11 is 0. The van der Waals surface area contributed by atoms with Crippen LogP contribution in [0.1, 0.15) is 11.1 Å². The molecule has 0 fully saturated rings. The van der Waals surface area contributed by atoms with Crippen LogP contribution >= 0.6 is 0 Å². The minimum absolute atomic E-state index is 0.0652. The van der Waals surface area contributed by atoms with Crippen LogP contribution in [-0.4, -0.2) is 0 Å². The van der Waals surface area contributed by atoms with Crippen molar-refractivity contribution in [1.29, 1.82) is 0 Å². The van der Waals surface area contributed by atoms with E-state index in [0.717, 1.165) is 6.07 Å². The minimum Gasteiger partial charge on any atom is -0.489 e. The number of benzene rings is 2. The van der Waals surface area contributed by atoms with Crippen molar-refractivity contribution in [3.05, 3.63) is 53.6 Å². The highest BCUT2D eigenvalue weighted by molar-refractivity contribution is 5.65. The molecule has 0 amide bonds. The predicted octanol–water partition coefficient (Wildman–Crippen LogP) is 3.45. The van der Waals surface area contributed by atoms with E-state index in [2.05, 4.69) is 0 Å². The standard InChI is InChI=1S/C14H13F3N2O/c15-14(16,17)11-4-2-1-3-9(11)8-20-10-5-6-12(18)13(19)7-10/h1-7H,8,18-19H2. The predicted molar refractivity (Wildman–Crippen MR) is 71.0 cm³/mol. The average molecular weight is 282 g/mol. The second-order valence-corrected chi connectivity index (χ2v) is 4.23. The second kappa shape index (κ2) is 5.32. The van der Waals surface area contributed by atoms with Crippen molar-refractivity contribution in [1.82, 2.24) is 0 Å². The van der Waals surface area contributed by atoms with E-state index < -0.39 is 11.7 Å². The lowest BCUT2D eigenvalue weighted by Crippen LogP contribution is -2.10. The topological polar surface area (TPSA) is 61.3 Å². The van der Waals surface area contributed by atoms with Crippen LogP contribution in [0.5, 0.6) is 5.75 Å². The van der Waals surface area contributed by atoms with Gasteiger partial charge in [0.25, 0.3) is 0 Å². The first-order valence-electron chi connectivity index (χ1n) is 5.81. The molecular weight excluding hydrogens is 269 g/mol. The first-order chi connectivity index (χ1) is 9.38. The van der Waals surface area contributed by atoms with Gasteiger partial charge in [-0.15, -0.1) is 0 Å². The molecule has 2 rings (SSSR count). The van der Waals surface area contributed by atoms with Gasteiger partial charge in [0.05, 0.1) is 16.9 Å². The van der Waals surface area contributed by atoms with Crippen molar-refractivity contribution in [3.63, 3.8) is 0 Å². The molecule has 6 heteroatoms. The van der Waals surface area contributed by atoms with E-state index in [1.807, 2.05) is 0 Å². The smallest absolute Gasteiger partial charge is 0.416 e. The largest absolute Gasteiger partial charge is 0.489 e. The van der Waals surface area contributed by atoms with Crippen molar-refractivity contribution >= 4 is 11.4 Å². The maximum Gasteiger partial charge on any atom is 0.416 e. The summed E-state index contributed by atoms with van der Waals surface area (Å²) in [5.74, 6) is 0.369. The second-order valence-electron chi connectivity index (χ2n) is 4.23. The number of nitrogen functional groups attached to an aromatic ring is 2. The highest BCUT2D eigenvalue weighted by atomic mass is 19.4. The van der Waals surface area contributed by atoms with Gasteiger partial charge in [0.15, 0.2) is 0 Å². The zero-order valence-corrected chi connectivity index (χ0v) is 10.4. The van der Waals surface area contributed by atoms with Gasteiger partial charge in [-0.25, -0.2) is 0 Å². The fourth-order valence-electron chi connectivity index (χ4n) is 1.73. The lowest BCUT2D eigenvalue weighted by Gasteiger charge is -2.13. The Labute approximate surface area is 114 Å². The van der Waals surface area contributed by atoms with E-state index in [1.54, 1.807) is 12.1 Å². The SMILES string of the molecule is Nc1ccc(OCc2ccccc2C(F)(F)F)cc1N. The summed E-state index contributed by atoms with van der Waals surface area (Å²) in [6, 6.07) is 9.85. The molecule has 3 nitrogen and oxygen atoms in total. The van der Waals surface area contributed by atoms with Crippen LogP contribution in [0.2, 0.25) is 0 Å². The van der Waals surface area contributed by atoms with Crippen molar-refractivity contribution in [2.75, 3.05) is 11.5 Å². The number of anilines is 2. The van der Waals surface area contributed by atoms with Crippen LogP contribution in [0.4, 0.5) is 24.5 Å². The Kier molecular flexibility index (Phi) is 3.74. The third-order valence-electron chi connectivity index (χ3n) is 2.78. The van der Waals surface area contributed by atoms with Crippen LogP contribution in [0.15, 0.2) is 42.5 Å². The number of ether oxygens (including phenoxy) is 1. The molecule has 2 aromatic carbocycles. The van der Waals surface area contributed by atoms with Crippen LogP contribution in [-0.2, 0) is 12.8 Å². The number of hydrogen-bond donors (Lipinski definition) is 2. The summed E-state index contributed by atoms with van der Waals surface area (Å²) in [5, 5.41) is 0. The monoisotopic (exact) mass is 282 g/mol. The minimum atomic E-state index is -4.40. The average Bonchev–Trinajstić information content (AvgIpc) is 2.39. The summed E-state index contributed by atoms with van der Waals surface area (Å²) in [5.41, 5.74) is 11.2. The van der Waals surface area contributed by atoms with Crippen molar-refractivity contribution in [2.45, 2.75) is 12.8 Å². The third-order valence-corrected chi connectivity index (χ3v) is 2.78. The number of halogens is 3. The number of nitrogens with two attached hydrogens (primary N) is 2. The lowest BCUT2D eigenvalue weighted by molar-refractivity contribution is -0.138. The molecule has 106 valence electrons. The summed E-state index contributed by atoms with van der Waals surface area (Å²) in [7, 11) is 0. The molecule has 0 spiro atoms. The maximum absolute atomic E-state index is 12.8. The Hall–Kier alpha value is -2.37. The molecule has 0 aromatic heterocycles. The lowest BCUT2D eigenvalue weighted by atomic mass is 10.1. The van der Waals surface area contributed by atoms with Gasteiger partial charge in [0.2, 0.25) is 0 Å². The molecule has 20 heavy (non-hydrogen) atoms. The molecule has 4 N–H and O–H groups in total. The van der Waals surface area contributed by atoms with Gasteiger partial charge < -0.3 is 16.2 Å². The maximum atomic E-state index is 12.8. The molecule has 0 aliphatic carbocycles. The fourth-order valence-corrected chi connectivity index (χ4v) is 1.73. The first kappa shape index (κ1) is 14.0. The quantitative estimate of drug-likeness (QED) is 0.848. The van der Waals surface area contributed by atoms with Gasteiger partial charge in [-0.1, -0.05) is 18.2 Å². The highest BCUT2D eigenvalue weighted by Gasteiger charge is 2.32. The third kappa shape index (κ3) is 3.14. The Morgan fingerprint density at radius 3 is 2.30 bits per heavy atom. The fraction of sp³-hybridized carbons (Fsp3) is 0.143. The highest BCUT2D eigenvalue weighted by Crippen LogP contribution is 2.32. The molecule has 0 aliphatic heterocycles.